The monoisotopic (exact) mass is 357 g/mol. The molecule has 0 radical (unpaired) electrons. The average molecular weight is 357 g/mol. The highest BCUT2D eigenvalue weighted by Crippen LogP contribution is 2.17. The zero-order valence-corrected chi connectivity index (χ0v) is 13.8. The molecule has 3 rings (SSSR count). The molecule has 25 heavy (non-hydrogen) atoms. The first-order valence-corrected chi connectivity index (χ1v) is 8.22. The third-order valence-electron chi connectivity index (χ3n) is 2.95. The van der Waals surface area contributed by atoms with Crippen LogP contribution in [0.15, 0.2) is 63.4 Å². The van der Waals surface area contributed by atoms with Crippen LogP contribution in [-0.4, -0.2) is 32.7 Å². The highest BCUT2D eigenvalue weighted by atomic mass is 32.2. The van der Waals surface area contributed by atoms with Crippen molar-refractivity contribution in [1.82, 2.24) is 14.9 Å². The van der Waals surface area contributed by atoms with E-state index in [1.165, 1.54) is 22.7 Å². The largest absolute Gasteiger partial charge is 0.463 e. The van der Waals surface area contributed by atoms with Gasteiger partial charge < -0.3 is 15.6 Å². The van der Waals surface area contributed by atoms with Crippen molar-refractivity contribution in [2.75, 3.05) is 22.3 Å². The molecule has 0 saturated heterocycles. The molecule has 0 fully saturated rings. The Morgan fingerprint density at radius 1 is 1.28 bits per heavy atom. The third-order valence-corrected chi connectivity index (χ3v) is 3.90. The second-order valence-corrected chi connectivity index (χ2v) is 5.71. The summed E-state index contributed by atoms with van der Waals surface area (Å²) in [5, 5.41) is 14.9. The van der Waals surface area contributed by atoms with Crippen molar-refractivity contribution in [2.24, 2.45) is 5.10 Å². The molecule has 0 aliphatic carbocycles. The van der Waals surface area contributed by atoms with E-state index in [9.17, 15) is 4.79 Å². The van der Waals surface area contributed by atoms with Crippen molar-refractivity contribution in [3.05, 3.63) is 54.5 Å². The van der Waals surface area contributed by atoms with Crippen LogP contribution in [0.4, 0.5) is 11.6 Å². The second kappa shape index (κ2) is 8.02. The van der Waals surface area contributed by atoms with Gasteiger partial charge in [-0.3, -0.25) is 4.79 Å². The number of hydrogen-bond acceptors (Lipinski definition) is 8. The maximum absolute atomic E-state index is 11.9. The maximum atomic E-state index is 11.9. The summed E-state index contributed by atoms with van der Waals surface area (Å²) in [5.41, 5.74) is 3.39. The standard InChI is InChI=1S/C15H15N7O2S/c16-22-14(19-17-9-12-7-4-8-24-12)20-21-15(22)25-10-13(23)18-11-5-2-1-3-6-11/h1-9H,10,16H2,(H,18,23)(H,19,20)/b17-9+. The number of anilines is 2. The Hall–Kier alpha value is -3.27. The van der Waals surface area contributed by atoms with Gasteiger partial charge in [0.05, 0.1) is 18.2 Å². The molecule has 0 aliphatic rings. The van der Waals surface area contributed by atoms with E-state index in [4.69, 9.17) is 10.3 Å². The lowest BCUT2D eigenvalue weighted by Gasteiger charge is -2.05. The van der Waals surface area contributed by atoms with Crippen molar-refractivity contribution in [1.29, 1.82) is 0 Å². The predicted octanol–water partition coefficient (Wildman–Crippen LogP) is 1.76. The van der Waals surface area contributed by atoms with Crippen LogP contribution >= 0.6 is 11.8 Å². The van der Waals surface area contributed by atoms with Crippen molar-refractivity contribution >= 4 is 35.5 Å². The van der Waals surface area contributed by atoms with Gasteiger partial charge in [-0.15, -0.1) is 10.2 Å². The molecule has 9 nitrogen and oxygen atoms in total. The summed E-state index contributed by atoms with van der Waals surface area (Å²) >= 11 is 1.17. The second-order valence-electron chi connectivity index (χ2n) is 4.76. The third kappa shape index (κ3) is 4.61. The molecule has 1 aromatic carbocycles. The van der Waals surface area contributed by atoms with Gasteiger partial charge in [-0.25, -0.2) is 10.1 Å². The number of carbonyl (C=O) groups excluding carboxylic acids is 1. The van der Waals surface area contributed by atoms with Crippen LogP contribution in [0.2, 0.25) is 0 Å². The van der Waals surface area contributed by atoms with Gasteiger partial charge in [0.1, 0.15) is 5.76 Å². The summed E-state index contributed by atoms with van der Waals surface area (Å²) in [6.45, 7) is 0. The predicted molar refractivity (Wildman–Crippen MR) is 95.9 cm³/mol. The van der Waals surface area contributed by atoms with E-state index in [-0.39, 0.29) is 17.6 Å². The zero-order valence-electron chi connectivity index (χ0n) is 13.0. The first kappa shape index (κ1) is 16.6. The summed E-state index contributed by atoms with van der Waals surface area (Å²) in [7, 11) is 0. The van der Waals surface area contributed by atoms with E-state index in [0.29, 0.717) is 10.9 Å². The van der Waals surface area contributed by atoms with E-state index in [1.807, 2.05) is 30.3 Å². The Morgan fingerprint density at radius 2 is 2.12 bits per heavy atom. The normalized spacial score (nSPS) is 10.9. The molecule has 0 saturated carbocycles. The first-order chi connectivity index (χ1) is 12.2. The summed E-state index contributed by atoms with van der Waals surface area (Å²) in [4.78, 5) is 11.9. The minimum Gasteiger partial charge on any atom is -0.463 e. The molecular weight excluding hydrogens is 342 g/mol. The van der Waals surface area contributed by atoms with Gasteiger partial charge >= 0.3 is 0 Å². The molecule has 4 N–H and O–H groups in total. The van der Waals surface area contributed by atoms with Crippen molar-refractivity contribution < 1.29 is 9.21 Å². The Kier molecular flexibility index (Phi) is 5.32. The fraction of sp³-hybridized carbons (Fsp3) is 0.0667. The molecule has 10 heteroatoms. The molecular formula is C15H15N7O2S. The van der Waals surface area contributed by atoms with Crippen molar-refractivity contribution in [3.8, 4) is 0 Å². The van der Waals surface area contributed by atoms with Gasteiger partial charge in [0.2, 0.25) is 11.1 Å². The first-order valence-electron chi connectivity index (χ1n) is 7.23. The minimum atomic E-state index is -0.162. The van der Waals surface area contributed by atoms with Crippen LogP contribution in [0.3, 0.4) is 0 Å². The zero-order chi connectivity index (χ0) is 17.5. The lowest BCUT2D eigenvalue weighted by atomic mass is 10.3. The Balaban J connectivity index is 1.51. The number of carbonyl (C=O) groups is 1. The number of para-hydroxylation sites is 1. The lowest BCUT2D eigenvalue weighted by Crippen LogP contribution is -2.16. The smallest absolute Gasteiger partial charge is 0.264 e. The molecule has 128 valence electrons. The summed E-state index contributed by atoms with van der Waals surface area (Å²) in [6, 6.07) is 12.7. The molecule has 0 aliphatic heterocycles. The highest BCUT2D eigenvalue weighted by Gasteiger charge is 2.12. The van der Waals surface area contributed by atoms with Gasteiger partial charge in [0.15, 0.2) is 0 Å². The number of benzene rings is 1. The van der Waals surface area contributed by atoms with Crippen molar-refractivity contribution in [3.63, 3.8) is 0 Å². The number of nitrogen functional groups attached to an aromatic ring is 1. The van der Waals surface area contributed by atoms with Crippen LogP contribution in [-0.2, 0) is 4.79 Å². The molecule has 2 aromatic heterocycles. The molecule has 1 amide bonds. The quantitative estimate of drug-likeness (QED) is 0.255. The number of hydrogen-bond donors (Lipinski definition) is 3. The van der Waals surface area contributed by atoms with E-state index < -0.39 is 0 Å². The van der Waals surface area contributed by atoms with Crippen LogP contribution in [0.5, 0.6) is 0 Å². The number of amides is 1. The fourth-order valence-corrected chi connectivity index (χ4v) is 2.48. The van der Waals surface area contributed by atoms with Crippen LogP contribution in [0.25, 0.3) is 0 Å². The Bertz CT molecular complexity index is 846. The number of nitrogens with zero attached hydrogens (tertiary/aromatic N) is 4. The molecule has 3 aromatic rings. The van der Waals surface area contributed by atoms with Gasteiger partial charge in [-0.1, -0.05) is 30.0 Å². The van der Waals surface area contributed by atoms with Gasteiger partial charge in [-0.05, 0) is 24.3 Å². The Morgan fingerprint density at radius 3 is 2.88 bits per heavy atom. The van der Waals surface area contributed by atoms with Gasteiger partial charge in [0.25, 0.3) is 5.95 Å². The minimum absolute atomic E-state index is 0.153. The SMILES string of the molecule is Nn1c(N/N=C/c2ccco2)nnc1SCC(=O)Nc1ccccc1. The van der Waals surface area contributed by atoms with Crippen LogP contribution in [0.1, 0.15) is 5.76 Å². The summed E-state index contributed by atoms with van der Waals surface area (Å²) in [6.07, 6.45) is 3.02. The van der Waals surface area contributed by atoms with Gasteiger partial charge in [0, 0.05) is 5.69 Å². The lowest BCUT2D eigenvalue weighted by molar-refractivity contribution is -0.113. The highest BCUT2D eigenvalue weighted by molar-refractivity contribution is 7.99. The Labute approximate surface area is 147 Å². The number of nitrogens with two attached hydrogens (primary N) is 1. The number of furan rings is 1. The van der Waals surface area contributed by atoms with Crippen LogP contribution in [0, 0.1) is 0 Å². The molecule has 0 bridgehead atoms. The molecule has 0 spiro atoms. The number of rotatable bonds is 7. The van der Waals surface area contributed by atoms with E-state index in [0.717, 1.165) is 5.69 Å². The fourth-order valence-electron chi connectivity index (χ4n) is 1.82. The number of hydrazone groups is 1. The van der Waals surface area contributed by atoms with E-state index >= 15 is 0 Å². The van der Waals surface area contributed by atoms with Crippen LogP contribution < -0.4 is 16.6 Å². The number of aromatic nitrogens is 3. The topological polar surface area (TPSA) is 123 Å². The summed E-state index contributed by atoms with van der Waals surface area (Å²) < 4.78 is 6.33. The molecule has 0 atom stereocenters. The summed E-state index contributed by atoms with van der Waals surface area (Å²) in [5.74, 6) is 6.70. The number of nitrogens with one attached hydrogen (secondary N) is 2. The molecule has 2 heterocycles. The van der Waals surface area contributed by atoms with E-state index in [2.05, 4.69) is 26.0 Å². The average Bonchev–Trinajstić information content (AvgIpc) is 3.25. The molecule has 0 unspecified atom stereocenters. The van der Waals surface area contributed by atoms with Gasteiger partial charge in [-0.2, -0.15) is 5.10 Å². The van der Waals surface area contributed by atoms with E-state index in [1.54, 1.807) is 18.4 Å². The van der Waals surface area contributed by atoms with Crippen molar-refractivity contribution in [2.45, 2.75) is 5.16 Å². The number of thioether (sulfide) groups is 1. The maximum Gasteiger partial charge on any atom is 0.264 e.